The Labute approximate surface area is 174 Å². The third kappa shape index (κ3) is 10.5. The van der Waals surface area contributed by atoms with E-state index in [1.165, 1.54) is 7.11 Å². The van der Waals surface area contributed by atoms with E-state index < -0.39 is 12.0 Å². The zero-order valence-electron chi connectivity index (χ0n) is 17.6. The summed E-state index contributed by atoms with van der Waals surface area (Å²) in [6.07, 6.45) is 7.46. The van der Waals surface area contributed by atoms with Crippen molar-refractivity contribution in [1.82, 2.24) is 10.6 Å². The van der Waals surface area contributed by atoms with Crippen LogP contribution in [-0.2, 0) is 19.1 Å². The summed E-state index contributed by atoms with van der Waals surface area (Å²) in [5.41, 5.74) is 1.00. The van der Waals surface area contributed by atoms with E-state index >= 15 is 0 Å². The maximum atomic E-state index is 12.2. The van der Waals surface area contributed by atoms with Crippen molar-refractivity contribution in [2.24, 2.45) is 0 Å². The molecule has 1 aromatic carbocycles. The number of amides is 2. The normalized spacial score (nSPS) is 12.5. The lowest BCUT2D eigenvalue weighted by Crippen LogP contribution is -2.41. The molecule has 2 amide bonds. The molecule has 2 atom stereocenters. The topological polar surface area (TPSA) is 84.5 Å². The largest absolute Gasteiger partial charge is 0.467 e. The highest BCUT2D eigenvalue weighted by atomic mass is 16.5. The number of carbonyl (C=O) groups is 3. The van der Waals surface area contributed by atoms with Crippen molar-refractivity contribution < 1.29 is 19.1 Å². The molecular formula is C23H34N2O4. The van der Waals surface area contributed by atoms with Gasteiger partial charge in [-0.25, -0.2) is 4.79 Å². The van der Waals surface area contributed by atoms with Crippen LogP contribution in [0, 0.1) is 0 Å². The van der Waals surface area contributed by atoms with Crippen molar-refractivity contribution in [1.29, 1.82) is 0 Å². The third-order valence-corrected chi connectivity index (χ3v) is 4.73. The van der Waals surface area contributed by atoms with Gasteiger partial charge in [0, 0.05) is 12.8 Å². The van der Waals surface area contributed by atoms with Gasteiger partial charge in [0.1, 0.15) is 6.04 Å². The summed E-state index contributed by atoms with van der Waals surface area (Å²) in [5, 5.41) is 5.58. The molecule has 0 aromatic heterocycles. The summed E-state index contributed by atoms with van der Waals surface area (Å²) in [7, 11) is 1.31. The number of rotatable bonds is 14. The van der Waals surface area contributed by atoms with Crippen LogP contribution in [0.1, 0.15) is 69.9 Å². The van der Waals surface area contributed by atoms with Gasteiger partial charge in [0.2, 0.25) is 11.8 Å². The molecule has 6 heteroatoms. The molecule has 0 saturated carbocycles. The van der Waals surface area contributed by atoms with E-state index in [4.69, 9.17) is 4.74 Å². The Kier molecular flexibility index (Phi) is 12.1. The fourth-order valence-corrected chi connectivity index (χ4v) is 3.01. The zero-order valence-corrected chi connectivity index (χ0v) is 17.6. The van der Waals surface area contributed by atoms with Crippen LogP contribution >= 0.6 is 0 Å². The van der Waals surface area contributed by atoms with Gasteiger partial charge in [0.25, 0.3) is 0 Å². The van der Waals surface area contributed by atoms with Crippen LogP contribution in [0.4, 0.5) is 0 Å². The number of unbranched alkanes of at least 4 members (excludes halogenated alkanes) is 4. The van der Waals surface area contributed by atoms with Crippen LogP contribution in [0.3, 0.4) is 0 Å². The SMILES string of the molecule is C=CCCCCCC[C@@H](NC(=O)CCC(=O)N[C@H](C)c1ccccc1)C(=O)OC. The number of nitrogens with one attached hydrogen (secondary N) is 2. The van der Waals surface area contributed by atoms with Crippen molar-refractivity contribution in [3.8, 4) is 0 Å². The fraction of sp³-hybridized carbons (Fsp3) is 0.522. The highest BCUT2D eigenvalue weighted by Gasteiger charge is 2.21. The second-order valence-electron chi connectivity index (χ2n) is 7.12. The molecule has 29 heavy (non-hydrogen) atoms. The standard InChI is InChI=1S/C23H34N2O4/c1-4-5-6-7-8-12-15-20(23(28)29-3)25-22(27)17-16-21(26)24-18(2)19-13-10-9-11-14-19/h4,9-11,13-14,18,20H,1,5-8,12,15-17H2,2-3H3,(H,24,26)(H,25,27)/t18-,20-/m1/s1. The molecule has 0 bridgehead atoms. The first kappa shape index (κ1) is 24.4. The number of methoxy groups -OCH3 is 1. The van der Waals surface area contributed by atoms with Gasteiger partial charge in [-0.2, -0.15) is 0 Å². The van der Waals surface area contributed by atoms with Gasteiger partial charge in [0.05, 0.1) is 13.2 Å². The van der Waals surface area contributed by atoms with Gasteiger partial charge < -0.3 is 15.4 Å². The molecule has 2 N–H and O–H groups in total. The van der Waals surface area contributed by atoms with Gasteiger partial charge >= 0.3 is 5.97 Å². The predicted octanol–water partition coefficient (Wildman–Crippen LogP) is 3.83. The molecular weight excluding hydrogens is 368 g/mol. The molecule has 0 spiro atoms. The van der Waals surface area contributed by atoms with Crippen molar-refractivity contribution >= 4 is 17.8 Å². The summed E-state index contributed by atoms with van der Waals surface area (Å²) in [6.45, 7) is 5.60. The minimum atomic E-state index is -0.668. The predicted molar refractivity (Wildman–Crippen MR) is 114 cm³/mol. The number of ether oxygens (including phenoxy) is 1. The molecule has 0 aliphatic carbocycles. The summed E-state index contributed by atoms with van der Waals surface area (Å²) >= 11 is 0. The molecule has 0 unspecified atom stereocenters. The third-order valence-electron chi connectivity index (χ3n) is 4.73. The van der Waals surface area contributed by atoms with Crippen LogP contribution in [0.25, 0.3) is 0 Å². The monoisotopic (exact) mass is 402 g/mol. The van der Waals surface area contributed by atoms with Crippen LogP contribution in [-0.4, -0.2) is 30.9 Å². The molecule has 1 aromatic rings. The highest BCUT2D eigenvalue weighted by Crippen LogP contribution is 2.12. The first-order chi connectivity index (χ1) is 14.0. The minimum Gasteiger partial charge on any atom is -0.467 e. The number of allylic oxidation sites excluding steroid dienone is 1. The van der Waals surface area contributed by atoms with Crippen LogP contribution < -0.4 is 10.6 Å². The van der Waals surface area contributed by atoms with Crippen molar-refractivity contribution in [2.75, 3.05) is 7.11 Å². The molecule has 0 radical (unpaired) electrons. The van der Waals surface area contributed by atoms with E-state index in [0.717, 1.165) is 37.7 Å². The molecule has 6 nitrogen and oxygen atoms in total. The Morgan fingerprint density at radius 2 is 1.62 bits per heavy atom. The maximum absolute atomic E-state index is 12.2. The summed E-state index contributed by atoms with van der Waals surface area (Å²) in [5.74, 6) is -0.977. The molecule has 0 aliphatic heterocycles. The summed E-state index contributed by atoms with van der Waals surface area (Å²) in [6, 6.07) is 8.83. The second-order valence-corrected chi connectivity index (χ2v) is 7.12. The van der Waals surface area contributed by atoms with Gasteiger partial charge in [0.15, 0.2) is 0 Å². The lowest BCUT2D eigenvalue weighted by Gasteiger charge is -2.17. The summed E-state index contributed by atoms with van der Waals surface area (Å²) in [4.78, 5) is 36.2. The molecule has 0 fully saturated rings. The van der Waals surface area contributed by atoms with Crippen LogP contribution in [0.2, 0.25) is 0 Å². The Bertz CT molecular complexity index is 646. The number of esters is 1. The molecule has 1 rings (SSSR count). The summed E-state index contributed by atoms with van der Waals surface area (Å²) < 4.78 is 4.79. The van der Waals surface area contributed by atoms with E-state index in [-0.39, 0.29) is 30.7 Å². The van der Waals surface area contributed by atoms with E-state index in [2.05, 4.69) is 17.2 Å². The molecule has 160 valence electrons. The number of hydrogen-bond acceptors (Lipinski definition) is 4. The quantitative estimate of drug-likeness (QED) is 0.281. The van der Waals surface area contributed by atoms with Gasteiger partial charge in [-0.3, -0.25) is 9.59 Å². The average molecular weight is 403 g/mol. The number of hydrogen-bond donors (Lipinski definition) is 2. The van der Waals surface area contributed by atoms with E-state index in [1.54, 1.807) is 0 Å². The zero-order chi connectivity index (χ0) is 21.5. The Hall–Kier alpha value is -2.63. The van der Waals surface area contributed by atoms with E-state index in [0.29, 0.717) is 6.42 Å². The Morgan fingerprint density at radius 1 is 1.00 bits per heavy atom. The van der Waals surface area contributed by atoms with E-state index in [9.17, 15) is 14.4 Å². The van der Waals surface area contributed by atoms with Crippen molar-refractivity contribution in [2.45, 2.75) is 70.4 Å². The number of benzene rings is 1. The molecule has 0 saturated heterocycles. The lowest BCUT2D eigenvalue weighted by molar-refractivity contribution is -0.145. The van der Waals surface area contributed by atoms with Crippen molar-refractivity contribution in [3.63, 3.8) is 0 Å². The minimum absolute atomic E-state index is 0.0279. The van der Waals surface area contributed by atoms with E-state index in [1.807, 2.05) is 43.3 Å². The first-order valence-electron chi connectivity index (χ1n) is 10.3. The van der Waals surface area contributed by atoms with Gasteiger partial charge in [-0.05, 0) is 31.7 Å². The van der Waals surface area contributed by atoms with Gasteiger partial charge in [-0.15, -0.1) is 6.58 Å². The maximum Gasteiger partial charge on any atom is 0.328 e. The molecule has 0 heterocycles. The lowest BCUT2D eigenvalue weighted by atomic mass is 10.1. The molecule has 0 aliphatic rings. The van der Waals surface area contributed by atoms with Crippen molar-refractivity contribution in [3.05, 3.63) is 48.6 Å². The second kappa shape index (κ2) is 14.4. The average Bonchev–Trinajstić information content (AvgIpc) is 2.73. The van der Waals surface area contributed by atoms with Crippen LogP contribution in [0.5, 0.6) is 0 Å². The Balaban J connectivity index is 2.36. The van der Waals surface area contributed by atoms with Crippen LogP contribution in [0.15, 0.2) is 43.0 Å². The Morgan fingerprint density at radius 3 is 2.24 bits per heavy atom. The smallest absolute Gasteiger partial charge is 0.328 e. The fourth-order valence-electron chi connectivity index (χ4n) is 3.01. The highest BCUT2D eigenvalue weighted by molar-refractivity contribution is 5.87. The first-order valence-corrected chi connectivity index (χ1v) is 10.3. The number of carbonyl (C=O) groups excluding carboxylic acids is 3. The van der Waals surface area contributed by atoms with Gasteiger partial charge in [-0.1, -0.05) is 55.7 Å².